The maximum Gasteiger partial charge on any atom is 0.264 e. The highest BCUT2D eigenvalue weighted by molar-refractivity contribution is 7.92. The van der Waals surface area contributed by atoms with Gasteiger partial charge in [0.1, 0.15) is 18.4 Å². The number of benzene rings is 3. The van der Waals surface area contributed by atoms with Gasteiger partial charge in [-0.05, 0) is 68.7 Å². The van der Waals surface area contributed by atoms with Crippen LogP contribution in [0.25, 0.3) is 0 Å². The number of nitrogens with one attached hydrogen (secondary N) is 1. The van der Waals surface area contributed by atoms with Crippen LogP contribution in [0, 0.1) is 12.7 Å². The fraction of sp³-hybridized carbons (Fsp3) is 0.333. The lowest BCUT2D eigenvalue weighted by molar-refractivity contribution is -0.138. The molecular weight excluding hydrogens is 517 g/mol. The summed E-state index contributed by atoms with van der Waals surface area (Å²) >= 11 is 0. The molecule has 0 spiro atoms. The predicted octanol–water partition coefficient (Wildman–Crippen LogP) is 4.71. The van der Waals surface area contributed by atoms with Gasteiger partial charge in [0.25, 0.3) is 10.0 Å². The largest absolute Gasteiger partial charge is 0.354 e. The lowest BCUT2D eigenvalue weighted by Crippen LogP contribution is -2.52. The van der Waals surface area contributed by atoms with E-state index in [4.69, 9.17) is 0 Å². The number of aryl methyl sites for hydroxylation is 1. The summed E-state index contributed by atoms with van der Waals surface area (Å²) in [7, 11) is -4.18. The summed E-state index contributed by atoms with van der Waals surface area (Å²) in [5, 5.41) is 2.86. The van der Waals surface area contributed by atoms with E-state index in [1.807, 2.05) is 44.2 Å². The second kappa shape index (κ2) is 13.9. The molecule has 3 rings (SSSR count). The molecule has 3 aromatic rings. The summed E-state index contributed by atoms with van der Waals surface area (Å²) in [6.45, 7) is 5.65. The SMILES string of the molecule is CCCCNC(=O)[C@H](C)N(CCc1ccccc1)C(=O)CN(c1ccc(F)cc1)S(=O)(=O)c1ccc(C)cc1. The van der Waals surface area contributed by atoms with Crippen molar-refractivity contribution >= 4 is 27.5 Å². The number of anilines is 1. The van der Waals surface area contributed by atoms with Gasteiger partial charge in [0.15, 0.2) is 0 Å². The average Bonchev–Trinajstić information content (AvgIpc) is 2.93. The summed E-state index contributed by atoms with van der Waals surface area (Å²) in [4.78, 5) is 28.1. The topological polar surface area (TPSA) is 86.8 Å². The molecule has 0 aromatic heterocycles. The summed E-state index contributed by atoms with van der Waals surface area (Å²) in [6, 6.07) is 20.0. The van der Waals surface area contributed by atoms with Crippen LogP contribution in [-0.4, -0.2) is 50.8 Å². The van der Waals surface area contributed by atoms with Crippen LogP contribution < -0.4 is 9.62 Å². The number of halogens is 1. The Bertz CT molecular complexity index is 1330. The standard InChI is InChI=1S/C30H36FN3O4S/c1-4-5-20-32-30(36)24(3)33(21-19-25-9-7-6-8-10-25)29(35)22-34(27-15-13-26(31)14-16-27)39(37,38)28-17-11-23(2)12-18-28/h6-18,24H,4-5,19-22H2,1-3H3,(H,32,36)/t24-/m0/s1. The Kier molecular flexibility index (Phi) is 10.6. The maximum atomic E-state index is 13.8. The Balaban J connectivity index is 1.94. The quantitative estimate of drug-likeness (QED) is 0.311. The van der Waals surface area contributed by atoms with E-state index in [1.54, 1.807) is 19.1 Å². The lowest BCUT2D eigenvalue weighted by atomic mass is 10.1. The zero-order chi connectivity index (χ0) is 28.4. The number of nitrogens with zero attached hydrogens (tertiary/aromatic N) is 2. The molecule has 2 amide bonds. The van der Waals surface area contributed by atoms with Gasteiger partial charge < -0.3 is 10.2 Å². The first-order valence-electron chi connectivity index (χ1n) is 13.1. The second-order valence-corrected chi connectivity index (χ2v) is 11.3. The third-order valence-corrected chi connectivity index (χ3v) is 8.27. The smallest absolute Gasteiger partial charge is 0.264 e. The molecule has 0 bridgehead atoms. The molecule has 0 aliphatic heterocycles. The van der Waals surface area contributed by atoms with Crippen molar-refractivity contribution in [2.45, 2.75) is 51.0 Å². The Morgan fingerprint density at radius 1 is 0.949 bits per heavy atom. The highest BCUT2D eigenvalue weighted by atomic mass is 32.2. The molecule has 9 heteroatoms. The Morgan fingerprint density at radius 3 is 2.21 bits per heavy atom. The minimum Gasteiger partial charge on any atom is -0.354 e. The van der Waals surface area contributed by atoms with Gasteiger partial charge in [0, 0.05) is 13.1 Å². The van der Waals surface area contributed by atoms with Crippen LogP contribution in [0.1, 0.15) is 37.8 Å². The molecule has 1 atom stereocenters. The number of carbonyl (C=O) groups excluding carboxylic acids is 2. The Hall–Kier alpha value is -3.72. The van der Waals surface area contributed by atoms with Crippen molar-refractivity contribution in [1.82, 2.24) is 10.2 Å². The molecule has 0 heterocycles. The van der Waals surface area contributed by atoms with E-state index in [9.17, 15) is 22.4 Å². The summed E-state index contributed by atoms with van der Waals surface area (Å²) in [5.41, 5.74) is 2.01. The number of unbranched alkanes of at least 4 members (excludes halogenated alkanes) is 1. The van der Waals surface area contributed by atoms with Crippen molar-refractivity contribution in [2.24, 2.45) is 0 Å². The van der Waals surface area contributed by atoms with Crippen LogP contribution >= 0.6 is 0 Å². The van der Waals surface area contributed by atoms with Crippen molar-refractivity contribution in [3.05, 3.63) is 95.8 Å². The summed E-state index contributed by atoms with van der Waals surface area (Å²) in [6.07, 6.45) is 2.21. The molecule has 3 aromatic carbocycles. The van der Waals surface area contributed by atoms with Gasteiger partial charge in [-0.1, -0.05) is 61.4 Å². The van der Waals surface area contributed by atoms with Crippen LogP contribution in [-0.2, 0) is 26.0 Å². The van der Waals surface area contributed by atoms with E-state index in [0.717, 1.165) is 40.4 Å². The van der Waals surface area contributed by atoms with Crippen LogP contribution in [0.3, 0.4) is 0 Å². The first-order chi connectivity index (χ1) is 18.6. The Labute approximate surface area is 230 Å². The lowest BCUT2D eigenvalue weighted by Gasteiger charge is -2.32. The van der Waals surface area contributed by atoms with Gasteiger partial charge in [-0.15, -0.1) is 0 Å². The number of rotatable bonds is 13. The van der Waals surface area contributed by atoms with Crippen molar-refractivity contribution in [3.63, 3.8) is 0 Å². The fourth-order valence-electron chi connectivity index (χ4n) is 4.08. The van der Waals surface area contributed by atoms with Crippen LogP contribution in [0.5, 0.6) is 0 Å². The molecule has 0 saturated carbocycles. The fourth-order valence-corrected chi connectivity index (χ4v) is 5.49. The zero-order valence-corrected chi connectivity index (χ0v) is 23.5. The number of hydrogen-bond acceptors (Lipinski definition) is 4. The maximum absolute atomic E-state index is 13.8. The molecule has 7 nitrogen and oxygen atoms in total. The summed E-state index contributed by atoms with van der Waals surface area (Å²) in [5.74, 6) is -1.37. The molecular formula is C30H36FN3O4S. The van der Waals surface area contributed by atoms with E-state index in [-0.39, 0.29) is 23.0 Å². The van der Waals surface area contributed by atoms with Crippen LogP contribution in [0.2, 0.25) is 0 Å². The van der Waals surface area contributed by atoms with Gasteiger partial charge in [0.05, 0.1) is 10.6 Å². The number of amides is 2. The molecule has 39 heavy (non-hydrogen) atoms. The Morgan fingerprint density at radius 2 is 1.59 bits per heavy atom. The normalized spacial score (nSPS) is 12.0. The number of sulfonamides is 1. The van der Waals surface area contributed by atoms with Gasteiger partial charge in [0.2, 0.25) is 11.8 Å². The van der Waals surface area contributed by atoms with Crippen LogP contribution in [0.4, 0.5) is 10.1 Å². The minimum atomic E-state index is -4.18. The molecule has 0 aliphatic rings. The van der Waals surface area contributed by atoms with E-state index in [1.165, 1.54) is 29.2 Å². The summed E-state index contributed by atoms with van der Waals surface area (Å²) < 4.78 is 42.1. The molecule has 1 N–H and O–H groups in total. The van der Waals surface area contributed by atoms with E-state index < -0.39 is 34.3 Å². The third kappa shape index (κ3) is 8.13. The molecule has 0 fully saturated rings. The third-order valence-electron chi connectivity index (χ3n) is 6.48. The minimum absolute atomic E-state index is 0.00594. The van der Waals surface area contributed by atoms with Gasteiger partial charge in [-0.2, -0.15) is 0 Å². The van der Waals surface area contributed by atoms with E-state index in [2.05, 4.69) is 5.32 Å². The number of carbonyl (C=O) groups is 2. The highest BCUT2D eigenvalue weighted by Gasteiger charge is 2.32. The van der Waals surface area contributed by atoms with Crippen LogP contribution in [0.15, 0.2) is 83.8 Å². The van der Waals surface area contributed by atoms with Crippen molar-refractivity contribution in [1.29, 1.82) is 0 Å². The van der Waals surface area contributed by atoms with Crippen molar-refractivity contribution in [3.8, 4) is 0 Å². The molecule has 0 aliphatic carbocycles. The molecule has 0 radical (unpaired) electrons. The second-order valence-electron chi connectivity index (χ2n) is 9.44. The van der Waals surface area contributed by atoms with Gasteiger partial charge in [-0.3, -0.25) is 13.9 Å². The predicted molar refractivity (Wildman–Crippen MR) is 151 cm³/mol. The average molecular weight is 554 g/mol. The number of hydrogen-bond donors (Lipinski definition) is 1. The van der Waals surface area contributed by atoms with Crippen molar-refractivity contribution in [2.75, 3.05) is 23.9 Å². The zero-order valence-electron chi connectivity index (χ0n) is 22.6. The molecule has 0 unspecified atom stereocenters. The van der Waals surface area contributed by atoms with E-state index in [0.29, 0.717) is 13.0 Å². The van der Waals surface area contributed by atoms with E-state index >= 15 is 0 Å². The first-order valence-corrected chi connectivity index (χ1v) is 14.5. The monoisotopic (exact) mass is 553 g/mol. The first kappa shape index (κ1) is 29.8. The molecule has 0 saturated heterocycles. The van der Waals surface area contributed by atoms with Gasteiger partial charge >= 0.3 is 0 Å². The molecule has 208 valence electrons. The highest BCUT2D eigenvalue weighted by Crippen LogP contribution is 2.25. The van der Waals surface area contributed by atoms with Gasteiger partial charge in [-0.25, -0.2) is 12.8 Å². The van der Waals surface area contributed by atoms with Crippen molar-refractivity contribution < 1.29 is 22.4 Å².